The Morgan fingerprint density at radius 1 is 1.04 bits per heavy atom. The highest BCUT2D eigenvalue weighted by Crippen LogP contribution is 2.32. The van der Waals surface area contributed by atoms with Crippen molar-refractivity contribution in [1.82, 2.24) is 0 Å². The van der Waals surface area contributed by atoms with E-state index in [2.05, 4.69) is 4.72 Å². The van der Waals surface area contributed by atoms with Crippen LogP contribution in [0.2, 0.25) is 0 Å². The smallest absolute Gasteiger partial charge is 0.262 e. The van der Waals surface area contributed by atoms with Crippen LogP contribution in [0, 0.1) is 0 Å². The predicted octanol–water partition coefficient (Wildman–Crippen LogP) is 2.80. The van der Waals surface area contributed by atoms with Crippen LogP contribution in [0.15, 0.2) is 41.3 Å². The van der Waals surface area contributed by atoms with E-state index in [4.69, 9.17) is 9.47 Å². The van der Waals surface area contributed by atoms with E-state index >= 15 is 0 Å². The monoisotopic (exact) mass is 390 g/mol. The molecule has 1 aliphatic heterocycles. The molecule has 2 aromatic carbocycles. The van der Waals surface area contributed by atoms with Crippen molar-refractivity contribution < 1.29 is 22.7 Å². The number of benzene rings is 2. The second kappa shape index (κ2) is 7.48. The van der Waals surface area contributed by atoms with Gasteiger partial charge < -0.3 is 14.4 Å². The van der Waals surface area contributed by atoms with Gasteiger partial charge >= 0.3 is 0 Å². The quantitative estimate of drug-likeness (QED) is 0.820. The second-order valence-corrected chi connectivity index (χ2v) is 7.79. The number of amides is 1. The van der Waals surface area contributed by atoms with Gasteiger partial charge in [-0.25, -0.2) is 8.42 Å². The summed E-state index contributed by atoms with van der Waals surface area (Å²) in [4.78, 5) is 13.8. The third-order valence-corrected chi connectivity index (χ3v) is 5.89. The second-order valence-electron chi connectivity index (χ2n) is 6.10. The molecule has 0 aromatic heterocycles. The first kappa shape index (κ1) is 19.0. The number of methoxy groups -OCH3 is 2. The Balaban J connectivity index is 1.90. The van der Waals surface area contributed by atoms with E-state index in [-0.39, 0.29) is 10.8 Å². The van der Waals surface area contributed by atoms with Crippen LogP contribution >= 0.6 is 0 Å². The lowest BCUT2D eigenvalue weighted by atomic mass is 10.0. The van der Waals surface area contributed by atoms with Gasteiger partial charge in [0, 0.05) is 30.4 Å². The number of fused-ring (bicyclic) bond motifs is 1. The van der Waals surface area contributed by atoms with Crippen LogP contribution in [-0.2, 0) is 21.2 Å². The van der Waals surface area contributed by atoms with E-state index in [0.29, 0.717) is 36.6 Å². The maximum absolute atomic E-state index is 12.7. The third kappa shape index (κ3) is 3.71. The molecule has 144 valence electrons. The minimum Gasteiger partial charge on any atom is -0.493 e. The summed E-state index contributed by atoms with van der Waals surface area (Å²) in [5.74, 6) is 0.876. The van der Waals surface area contributed by atoms with E-state index in [9.17, 15) is 13.2 Å². The molecule has 0 spiro atoms. The number of rotatable bonds is 6. The zero-order valence-electron chi connectivity index (χ0n) is 15.5. The molecule has 1 N–H and O–H groups in total. The molecule has 0 bridgehead atoms. The van der Waals surface area contributed by atoms with Gasteiger partial charge in [-0.1, -0.05) is 0 Å². The number of hydrogen-bond acceptors (Lipinski definition) is 5. The summed E-state index contributed by atoms with van der Waals surface area (Å²) in [5, 5.41) is 0. The third-order valence-electron chi connectivity index (χ3n) is 4.51. The van der Waals surface area contributed by atoms with Crippen LogP contribution in [-0.4, -0.2) is 35.1 Å². The van der Waals surface area contributed by atoms with Crippen molar-refractivity contribution in [2.75, 3.05) is 30.4 Å². The van der Waals surface area contributed by atoms with Crippen molar-refractivity contribution in [1.29, 1.82) is 0 Å². The summed E-state index contributed by atoms with van der Waals surface area (Å²) in [6.45, 7) is 2.50. The van der Waals surface area contributed by atoms with Crippen molar-refractivity contribution in [3.8, 4) is 11.5 Å². The van der Waals surface area contributed by atoms with Crippen molar-refractivity contribution in [2.24, 2.45) is 0 Å². The van der Waals surface area contributed by atoms with E-state index < -0.39 is 10.0 Å². The van der Waals surface area contributed by atoms with Gasteiger partial charge in [0.2, 0.25) is 5.91 Å². The van der Waals surface area contributed by atoms with Gasteiger partial charge in [-0.3, -0.25) is 9.52 Å². The molecule has 0 fully saturated rings. The molecule has 27 heavy (non-hydrogen) atoms. The maximum Gasteiger partial charge on any atom is 0.262 e. The molecular formula is C19H22N2O5S. The fraction of sp³-hybridized carbons (Fsp3) is 0.316. The number of carbonyl (C=O) groups is 1. The molecule has 0 aliphatic carbocycles. The minimum atomic E-state index is -3.79. The summed E-state index contributed by atoms with van der Waals surface area (Å²) >= 11 is 0. The molecule has 0 unspecified atom stereocenters. The molecule has 8 heteroatoms. The highest BCUT2D eigenvalue weighted by molar-refractivity contribution is 7.92. The van der Waals surface area contributed by atoms with Crippen LogP contribution in [0.1, 0.15) is 18.9 Å². The first-order chi connectivity index (χ1) is 12.9. The molecule has 1 aliphatic rings. The average Bonchev–Trinajstić information content (AvgIpc) is 2.67. The fourth-order valence-electron chi connectivity index (χ4n) is 3.17. The highest BCUT2D eigenvalue weighted by Gasteiger charge is 2.24. The maximum atomic E-state index is 12.7. The number of aryl methyl sites for hydroxylation is 1. The fourth-order valence-corrected chi connectivity index (χ4v) is 4.23. The van der Waals surface area contributed by atoms with E-state index in [1.165, 1.54) is 26.4 Å². The zero-order chi connectivity index (χ0) is 19.6. The van der Waals surface area contributed by atoms with Gasteiger partial charge in [-0.2, -0.15) is 0 Å². The lowest BCUT2D eigenvalue weighted by Gasteiger charge is -2.28. The van der Waals surface area contributed by atoms with Crippen LogP contribution in [0.3, 0.4) is 0 Å². The van der Waals surface area contributed by atoms with Crippen LogP contribution < -0.4 is 19.1 Å². The van der Waals surface area contributed by atoms with Crippen LogP contribution in [0.25, 0.3) is 0 Å². The highest BCUT2D eigenvalue weighted by atomic mass is 32.2. The molecule has 3 rings (SSSR count). The van der Waals surface area contributed by atoms with Crippen molar-refractivity contribution in [2.45, 2.75) is 24.7 Å². The Hall–Kier alpha value is -2.74. The SMILES string of the molecule is CCN1C(=O)CCc2cc(NS(=O)(=O)c3ccc(OC)c(OC)c3)ccc21. The molecule has 0 atom stereocenters. The number of ether oxygens (including phenoxy) is 2. The summed E-state index contributed by atoms with van der Waals surface area (Å²) in [6, 6.07) is 9.64. The zero-order valence-corrected chi connectivity index (χ0v) is 16.3. The molecule has 2 aromatic rings. The Bertz CT molecular complexity index is 972. The Labute approximate surface area is 158 Å². The summed E-state index contributed by atoms with van der Waals surface area (Å²) in [7, 11) is -0.855. The van der Waals surface area contributed by atoms with Crippen molar-refractivity contribution >= 4 is 27.3 Å². The summed E-state index contributed by atoms with van der Waals surface area (Å²) < 4.78 is 38.4. The lowest BCUT2D eigenvalue weighted by Crippen LogP contribution is -2.34. The van der Waals surface area contributed by atoms with Gasteiger partial charge in [0.25, 0.3) is 10.0 Å². The number of sulfonamides is 1. The first-order valence-electron chi connectivity index (χ1n) is 8.57. The predicted molar refractivity (Wildman–Crippen MR) is 103 cm³/mol. The molecular weight excluding hydrogens is 368 g/mol. The molecule has 0 radical (unpaired) electrons. The topological polar surface area (TPSA) is 84.9 Å². The van der Waals surface area contributed by atoms with Crippen LogP contribution in [0.5, 0.6) is 11.5 Å². The van der Waals surface area contributed by atoms with E-state index in [0.717, 1.165) is 11.3 Å². The largest absolute Gasteiger partial charge is 0.493 e. The Morgan fingerprint density at radius 3 is 2.44 bits per heavy atom. The summed E-state index contributed by atoms with van der Waals surface area (Å²) in [6.07, 6.45) is 1.02. The Morgan fingerprint density at radius 2 is 1.78 bits per heavy atom. The number of nitrogens with zero attached hydrogens (tertiary/aromatic N) is 1. The standard InChI is InChI=1S/C19H22N2O5S/c1-4-21-16-8-6-14(11-13(16)5-10-19(21)22)20-27(23,24)15-7-9-17(25-2)18(12-15)26-3/h6-9,11-12,20H,4-5,10H2,1-3H3. The first-order valence-corrected chi connectivity index (χ1v) is 10.1. The molecule has 1 amide bonds. The number of anilines is 2. The van der Waals surface area contributed by atoms with Gasteiger partial charge in [0.05, 0.1) is 19.1 Å². The normalized spacial score (nSPS) is 13.9. The van der Waals surface area contributed by atoms with E-state index in [1.54, 1.807) is 29.2 Å². The van der Waals surface area contributed by atoms with Gasteiger partial charge in [-0.15, -0.1) is 0 Å². The average molecular weight is 390 g/mol. The lowest BCUT2D eigenvalue weighted by molar-refractivity contribution is -0.118. The molecule has 0 saturated carbocycles. The molecule has 7 nitrogen and oxygen atoms in total. The van der Waals surface area contributed by atoms with Gasteiger partial charge in [0.1, 0.15) is 0 Å². The Kier molecular flexibility index (Phi) is 5.27. The molecule has 1 heterocycles. The van der Waals surface area contributed by atoms with Gasteiger partial charge in [0.15, 0.2) is 11.5 Å². The van der Waals surface area contributed by atoms with Crippen molar-refractivity contribution in [3.05, 3.63) is 42.0 Å². The summed E-state index contributed by atoms with van der Waals surface area (Å²) in [5.41, 5.74) is 2.24. The number of hydrogen-bond donors (Lipinski definition) is 1. The molecule has 0 saturated heterocycles. The minimum absolute atomic E-state index is 0.0724. The van der Waals surface area contributed by atoms with E-state index in [1.807, 2.05) is 6.92 Å². The van der Waals surface area contributed by atoms with Crippen molar-refractivity contribution in [3.63, 3.8) is 0 Å². The number of carbonyl (C=O) groups excluding carboxylic acids is 1. The van der Waals surface area contributed by atoms with Crippen LogP contribution in [0.4, 0.5) is 11.4 Å². The van der Waals surface area contributed by atoms with Gasteiger partial charge in [-0.05, 0) is 49.2 Å². The number of nitrogens with one attached hydrogen (secondary N) is 1.